The molecule has 0 saturated carbocycles. The highest BCUT2D eigenvalue weighted by molar-refractivity contribution is 5.82. The topological polar surface area (TPSA) is 25.3 Å². The van der Waals surface area contributed by atoms with Crippen molar-refractivity contribution in [3.63, 3.8) is 0 Å². The van der Waals surface area contributed by atoms with Crippen LogP contribution in [0.2, 0.25) is 0 Å². The zero-order chi connectivity index (χ0) is 25.8. The minimum atomic E-state index is 0.923. The number of nitrogens with zero attached hydrogens (tertiary/aromatic N) is 2. The van der Waals surface area contributed by atoms with Gasteiger partial charge in [-0.2, -0.15) is 0 Å². The van der Waals surface area contributed by atoms with Gasteiger partial charge in [0.1, 0.15) is 0 Å². The number of hydrogen-bond donors (Lipinski definition) is 0. The lowest BCUT2D eigenvalue weighted by Gasteiger charge is -2.12. The third-order valence-corrected chi connectivity index (χ3v) is 7.53. The largest absolute Gasteiger partial charge is 0.493 e. The van der Waals surface area contributed by atoms with Crippen molar-refractivity contribution in [3.8, 4) is 0 Å². The molecule has 0 bridgehead atoms. The van der Waals surface area contributed by atoms with Crippen molar-refractivity contribution < 1.29 is 4.70 Å². The molecule has 194 valence electrons. The highest BCUT2D eigenvalue weighted by Gasteiger charge is 2.34. The summed E-state index contributed by atoms with van der Waals surface area (Å²) < 4.78 is 1.52. The Morgan fingerprint density at radius 1 is 0.556 bits per heavy atom. The number of unbranched alkanes of at least 4 members (excludes halogenated alkanes) is 7. The molecule has 0 N–H and O–H groups in total. The molecule has 0 spiro atoms. The Morgan fingerprint density at radius 3 is 1.53 bits per heavy atom. The predicted molar refractivity (Wildman–Crippen MR) is 156 cm³/mol. The molecule has 0 amide bonds. The third kappa shape index (κ3) is 7.28. The Labute approximate surface area is 221 Å². The van der Waals surface area contributed by atoms with E-state index in [-0.39, 0.29) is 0 Å². The van der Waals surface area contributed by atoms with Gasteiger partial charge >= 0.3 is 0 Å². The van der Waals surface area contributed by atoms with Crippen molar-refractivity contribution in [3.05, 3.63) is 87.5 Å². The first-order valence-electron chi connectivity index (χ1n) is 14.8. The van der Waals surface area contributed by atoms with Gasteiger partial charge in [0.2, 0.25) is 11.4 Å². The molecule has 0 fully saturated rings. The van der Waals surface area contributed by atoms with Crippen LogP contribution in [0.3, 0.4) is 0 Å². The molecule has 2 nitrogen and oxygen atoms in total. The molecule has 1 aliphatic rings. The molecule has 0 aliphatic carbocycles. The number of benzene rings is 2. The van der Waals surface area contributed by atoms with Crippen molar-refractivity contribution >= 4 is 11.4 Å². The zero-order valence-corrected chi connectivity index (χ0v) is 23.4. The molecular formula is C34H48N2. The van der Waals surface area contributed by atoms with Gasteiger partial charge < -0.3 is 5.53 Å². The Bertz CT molecular complexity index is 1060. The number of aryl methyl sites for hydroxylation is 2. The number of hydrogen-bond acceptors (Lipinski definition) is 0. The smallest absolute Gasteiger partial charge is 0.211 e. The molecule has 0 unspecified atom stereocenters. The minimum Gasteiger partial charge on any atom is -0.493 e. The molecule has 0 radical (unpaired) electrons. The molecule has 2 aromatic carbocycles. The zero-order valence-electron chi connectivity index (χ0n) is 23.4. The second kappa shape index (κ2) is 14.9. The summed E-state index contributed by atoms with van der Waals surface area (Å²) in [5.74, 6) is 0. The van der Waals surface area contributed by atoms with Crippen LogP contribution in [0.5, 0.6) is 0 Å². The summed E-state index contributed by atoms with van der Waals surface area (Å²) in [5.41, 5.74) is 21.4. The van der Waals surface area contributed by atoms with Gasteiger partial charge in [-0.25, -0.2) is 4.70 Å². The van der Waals surface area contributed by atoms with E-state index in [1.165, 1.54) is 78.3 Å². The van der Waals surface area contributed by atoms with Crippen LogP contribution < -0.4 is 0 Å². The first-order valence-corrected chi connectivity index (χ1v) is 14.8. The van der Waals surface area contributed by atoms with Gasteiger partial charge in [-0.3, -0.25) is 0 Å². The summed E-state index contributed by atoms with van der Waals surface area (Å²) in [6.07, 6.45) is 16.6. The molecular weight excluding hydrogens is 436 g/mol. The second-order valence-electron chi connectivity index (χ2n) is 10.4. The van der Waals surface area contributed by atoms with E-state index in [0.29, 0.717) is 0 Å². The summed E-state index contributed by atoms with van der Waals surface area (Å²) in [4.78, 5) is 0. The lowest BCUT2D eigenvalue weighted by molar-refractivity contribution is -0.345. The van der Waals surface area contributed by atoms with Crippen LogP contribution in [-0.2, 0) is 12.8 Å². The minimum absolute atomic E-state index is 0.923. The van der Waals surface area contributed by atoms with Gasteiger partial charge in [0, 0.05) is 22.3 Å². The highest BCUT2D eigenvalue weighted by atomic mass is 15.2. The van der Waals surface area contributed by atoms with E-state index in [9.17, 15) is 5.53 Å². The molecule has 36 heavy (non-hydrogen) atoms. The average Bonchev–Trinajstić information content (AvgIpc) is 3.19. The lowest BCUT2D eigenvalue weighted by Crippen LogP contribution is -2.03. The van der Waals surface area contributed by atoms with E-state index in [1.807, 2.05) is 0 Å². The summed E-state index contributed by atoms with van der Waals surface area (Å²) in [7, 11) is 0. The van der Waals surface area contributed by atoms with Gasteiger partial charge in [0.25, 0.3) is 0 Å². The first-order chi connectivity index (χ1) is 17.6. The molecule has 0 aromatic heterocycles. The first kappa shape index (κ1) is 28.1. The SMILES string of the molecule is CCCCCCc1cccc(C2=C(CC)C(CCCC)=C(c3cccc(CCCCCC)c3)[N+]2=[N-])c1. The number of rotatable bonds is 16. The highest BCUT2D eigenvalue weighted by Crippen LogP contribution is 2.44. The summed E-state index contributed by atoms with van der Waals surface area (Å²) in [6, 6.07) is 17.8. The van der Waals surface area contributed by atoms with Crippen molar-refractivity contribution in [2.24, 2.45) is 0 Å². The van der Waals surface area contributed by atoms with E-state index in [2.05, 4.69) is 76.2 Å². The summed E-state index contributed by atoms with van der Waals surface area (Å²) in [5, 5.41) is 0. The van der Waals surface area contributed by atoms with Crippen LogP contribution >= 0.6 is 0 Å². The molecule has 2 aromatic rings. The molecule has 1 heterocycles. The maximum atomic E-state index is 11.7. The Hall–Kier alpha value is -2.48. The standard InChI is InChI=1S/C34H48N2/c1-5-9-12-14-18-27-20-16-22-29(25-27)33-31(8-4)32(24-11-7-3)34(36(33)35)30-23-17-21-28(26-30)19-15-13-10-6-2/h16-17,20-23,25-26H,5-15,18-19,24H2,1-4H3. The third-order valence-electron chi connectivity index (χ3n) is 7.53. The van der Waals surface area contributed by atoms with Crippen LogP contribution in [0.25, 0.3) is 16.9 Å². The summed E-state index contributed by atoms with van der Waals surface area (Å²) in [6.45, 7) is 9.01. The maximum Gasteiger partial charge on any atom is 0.211 e. The van der Waals surface area contributed by atoms with E-state index in [0.717, 1.165) is 61.0 Å². The molecule has 2 heteroatoms. The van der Waals surface area contributed by atoms with Gasteiger partial charge in [0.15, 0.2) is 0 Å². The van der Waals surface area contributed by atoms with E-state index >= 15 is 0 Å². The van der Waals surface area contributed by atoms with Gasteiger partial charge in [-0.1, -0.05) is 96.9 Å². The van der Waals surface area contributed by atoms with Gasteiger partial charge in [0.05, 0.1) is 0 Å². The van der Waals surface area contributed by atoms with E-state index in [1.54, 1.807) is 0 Å². The van der Waals surface area contributed by atoms with Crippen LogP contribution in [-0.4, -0.2) is 4.70 Å². The van der Waals surface area contributed by atoms with Crippen molar-refractivity contribution in [2.75, 3.05) is 0 Å². The van der Waals surface area contributed by atoms with Crippen molar-refractivity contribution in [2.45, 2.75) is 118 Å². The predicted octanol–water partition coefficient (Wildman–Crippen LogP) is 10.7. The van der Waals surface area contributed by atoms with Gasteiger partial charge in [-0.15, -0.1) is 0 Å². The fraction of sp³-hybridized carbons (Fsp3) is 0.529. The van der Waals surface area contributed by atoms with E-state index < -0.39 is 0 Å². The normalized spacial score (nSPS) is 13.8. The maximum absolute atomic E-state index is 11.7. The Morgan fingerprint density at radius 2 is 1.06 bits per heavy atom. The van der Waals surface area contributed by atoms with Crippen LogP contribution in [0.4, 0.5) is 0 Å². The quantitative estimate of drug-likeness (QED) is 0.167. The summed E-state index contributed by atoms with van der Waals surface area (Å²) >= 11 is 0. The molecule has 3 rings (SSSR count). The second-order valence-corrected chi connectivity index (χ2v) is 10.4. The Balaban J connectivity index is 1.93. The van der Waals surface area contributed by atoms with Gasteiger partial charge in [-0.05, 0) is 80.3 Å². The lowest BCUT2D eigenvalue weighted by atomic mass is 9.93. The molecule has 1 aliphatic heterocycles. The molecule has 0 saturated heterocycles. The fourth-order valence-electron chi connectivity index (χ4n) is 5.51. The molecule has 0 atom stereocenters. The Kier molecular flexibility index (Phi) is 11.7. The van der Waals surface area contributed by atoms with Crippen LogP contribution in [0, 0.1) is 0 Å². The van der Waals surface area contributed by atoms with Crippen molar-refractivity contribution in [1.29, 1.82) is 0 Å². The fourth-order valence-corrected chi connectivity index (χ4v) is 5.51. The van der Waals surface area contributed by atoms with E-state index in [4.69, 9.17) is 0 Å². The number of allylic oxidation sites excluding steroid dienone is 2. The van der Waals surface area contributed by atoms with Crippen LogP contribution in [0.1, 0.15) is 127 Å². The van der Waals surface area contributed by atoms with Crippen LogP contribution in [0.15, 0.2) is 59.7 Å². The average molecular weight is 485 g/mol. The van der Waals surface area contributed by atoms with Crippen molar-refractivity contribution in [1.82, 2.24) is 0 Å². The monoisotopic (exact) mass is 484 g/mol.